The highest BCUT2D eigenvalue weighted by atomic mass is 19.1. The first-order valence-electron chi connectivity index (χ1n) is 2.83. The molecule has 0 aliphatic heterocycles. The first-order chi connectivity index (χ1) is 3.27. The van der Waals surface area contributed by atoms with E-state index in [4.69, 9.17) is 0 Å². The van der Waals surface area contributed by atoms with Gasteiger partial charge in [0, 0.05) is 0 Å². The summed E-state index contributed by atoms with van der Waals surface area (Å²) in [7, 11) is 0. The van der Waals surface area contributed by atoms with Crippen molar-refractivity contribution in [3.63, 3.8) is 0 Å². The zero-order valence-electron chi connectivity index (χ0n) is 4.71. The van der Waals surface area contributed by atoms with Crippen LogP contribution in [-0.2, 0) is 0 Å². The standard InChI is InChI=1S/C6H11F/c1-6(2-3-6)4-5-7/h2-5H2,1H3. The largest absolute Gasteiger partial charge is 0.251 e. The third-order valence-corrected chi connectivity index (χ3v) is 1.80. The molecular formula is C6H11F. The van der Waals surface area contributed by atoms with Crippen molar-refractivity contribution in [2.75, 3.05) is 6.67 Å². The van der Waals surface area contributed by atoms with Crippen LogP contribution in [0, 0.1) is 5.41 Å². The van der Waals surface area contributed by atoms with E-state index in [9.17, 15) is 4.39 Å². The molecule has 0 saturated heterocycles. The van der Waals surface area contributed by atoms with Gasteiger partial charge in [0.25, 0.3) is 0 Å². The molecule has 0 aromatic heterocycles. The van der Waals surface area contributed by atoms with Gasteiger partial charge in [0.05, 0.1) is 6.67 Å². The van der Waals surface area contributed by atoms with Crippen molar-refractivity contribution in [2.45, 2.75) is 26.2 Å². The van der Waals surface area contributed by atoms with Crippen molar-refractivity contribution >= 4 is 0 Å². The normalized spacial score (nSPS) is 24.9. The lowest BCUT2D eigenvalue weighted by Crippen LogP contribution is -1.92. The van der Waals surface area contributed by atoms with Crippen LogP contribution in [0.2, 0.25) is 0 Å². The first-order valence-corrected chi connectivity index (χ1v) is 2.83. The predicted molar refractivity (Wildman–Crippen MR) is 27.9 cm³/mol. The molecule has 0 atom stereocenters. The van der Waals surface area contributed by atoms with Gasteiger partial charge in [-0.25, -0.2) is 0 Å². The minimum atomic E-state index is -0.128. The van der Waals surface area contributed by atoms with Gasteiger partial charge < -0.3 is 0 Å². The maximum absolute atomic E-state index is 11.5. The first kappa shape index (κ1) is 5.07. The number of rotatable bonds is 2. The summed E-state index contributed by atoms with van der Waals surface area (Å²) in [5.74, 6) is 0. The molecule has 0 aromatic rings. The van der Waals surface area contributed by atoms with Gasteiger partial charge in [0.15, 0.2) is 0 Å². The lowest BCUT2D eigenvalue weighted by atomic mass is 10.1. The van der Waals surface area contributed by atoms with Crippen molar-refractivity contribution in [1.82, 2.24) is 0 Å². The van der Waals surface area contributed by atoms with Gasteiger partial charge >= 0.3 is 0 Å². The van der Waals surface area contributed by atoms with Crippen LogP contribution in [0.5, 0.6) is 0 Å². The van der Waals surface area contributed by atoms with Crippen molar-refractivity contribution in [2.24, 2.45) is 5.41 Å². The van der Waals surface area contributed by atoms with Crippen LogP contribution in [0.25, 0.3) is 0 Å². The molecule has 1 fully saturated rings. The molecule has 42 valence electrons. The highest BCUT2D eigenvalue weighted by molar-refractivity contribution is 4.87. The van der Waals surface area contributed by atoms with Crippen LogP contribution >= 0.6 is 0 Å². The van der Waals surface area contributed by atoms with Crippen LogP contribution in [0.15, 0.2) is 0 Å². The SMILES string of the molecule is CC1(CCF)CC1. The molecule has 0 heterocycles. The van der Waals surface area contributed by atoms with Crippen molar-refractivity contribution in [3.05, 3.63) is 0 Å². The molecule has 1 aliphatic rings. The van der Waals surface area contributed by atoms with Crippen molar-refractivity contribution in [1.29, 1.82) is 0 Å². The van der Waals surface area contributed by atoms with Gasteiger partial charge in [0.2, 0.25) is 0 Å². The Morgan fingerprint density at radius 3 is 2.29 bits per heavy atom. The quantitative estimate of drug-likeness (QED) is 0.501. The van der Waals surface area contributed by atoms with Crippen LogP contribution < -0.4 is 0 Å². The van der Waals surface area contributed by atoms with Gasteiger partial charge in [-0.3, -0.25) is 4.39 Å². The van der Waals surface area contributed by atoms with E-state index < -0.39 is 0 Å². The van der Waals surface area contributed by atoms with Crippen molar-refractivity contribution in [3.8, 4) is 0 Å². The van der Waals surface area contributed by atoms with Gasteiger partial charge in [-0.2, -0.15) is 0 Å². The van der Waals surface area contributed by atoms with Crippen LogP contribution in [0.1, 0.15) is 26.2 Å². The Morgan fingerprint density at radius 1 is 1.57 bits per heavy atom. The molecule has 1 saturated carbocycles. The van der Waals surface area contributed by atoms with E-state index in [1.807, 2.05) is 0 Å². The summed E-state index contributed by atoms with van der Waals surface area (Å²) in [6, 6.07) is 0. The Morgan fingerprint density at radius 2 is 2.14 bits per heavy atom. The van der Waals surface area contributed by atoms with Gasteiger partial charge in [0.1, 0.15) is 0 Å². The molecule has 0 unspecified atom stereocenters. The lowest BCUT2D eigenvalue weighted by molar-refractivity contribution is 0.392. The summed E-state index contributed by atoms with van der Waals surface area (Å²) in [6.07, 6.45) is 3.28. The van der Waals surface area contributed by atoms with Crippen LogP contribution in [0.4, 0.5) is 4.39 Å². The molecule has 1 rings (SSSR count). The fraction of sp³-hybridized carbons (Fsp3) is 1.00. The van der Waals surface area contributed by atoms with Gasteiger partial charge in [-0.05, 0) is 24.7 Å². The molecule has 0 nitrogen and oxygen atoms in total. The lowest BCUT2D eigenvalue weighted by Gasteiger charge is -1.99. The fourth-order valence-electron chi connectivity index (χ4n) is 0.692. The number of halogens is 1. The second-order valence-corrected chi connectivity index (χ2v) is 2.75. The molecule has 1 heteroatoms. The average Bonchev–Trinajstić information content (AvgIpc) is 2.22. The van der Waals surface area contributed by atoms with E-state index in [1.165, 1.54) is 12.8 Å². The summed E-state index contributed by atoms with van der Waals surface area (Å²) in [4.78, 5) is 0. The summed E-state index contributed by atoms with van der Waals surface area (Å²) in [5, 5.41) is 0. The minimum Gasteiger partial charge on any atom is -0.251 e. The molecule has 0 bridgehead atoms. The van der Waals surface area contributed by atoms with E-state index in [2.05, 4.69) is 6.92 Å². The average molecular weight is 102 g/mol. The number of alkyl halides is 1. The molecule has 1 aliphatic carbocycles. The van der Waals surface area contributed by atoms with E-state index in [0.29, 0.717) is 5.41 Å². The predicted octanol–water partition coefficient (Wildman–Crippen LogP) is 2.15. The summed E-state index contributed by atoms with van der Waals surface area (Å²) in [5.41, 5.74) is 0.425. The monoisotopic (exact) mass is 102 g/mol. The van der Waals surface area contributed by atoms with E-state index in [-0.39, 0.29) is 6.67 Å². The molecule has 0 radical (unpaired) electrons. The number of hydrogen-bond donors (Lipinski definition) is 0. The van der Waals surface area contributed by atoms with Crippen LogP contribution in [-0.4, -0.2) is 6.67 Å². The smallest absolute Gasteiger partial charge is 0.0899 e. The maximum Gasteiger partial charge on any atom is 0.0899 e. The Labute approximate surface area is 43.7 Å². The highest BCUT2D eigenvalue weighted by Gasteiger charge is 2.36. The zero-order valence-corrected chi connectivity index (χ0v) is 4.71. The van der Waals surface area contributed by atoms with Crippen molar-refractivity contribution < 1.29 is 4.39 Å². The second kappa shape index (κ2) is 1.46. The highest BCUT2D eigenvalue weighted by Crippen LogP contribution is 2.47. The second-order valence-electron chi connectivity index (χ2n) is 2.75. The summed E-state index contributed by atoms with van der Waals surface area (Å²) >= 11 is 0. The maximum atomic E-state index is 11.5. The summed E-state index contributed by atoms with van der Waals surface area (Å²) < 4.78 is 11.5. The molecule has 0 amide bonds. The molecule has 0 spiro atoms. The molecule has 0 N–H and O–H groups in total. The Balaban J connectivity index is 2.13. The Kier molecular flexibility index (Phi) is 1.06. The summed E-state index contributed by atoms with van der Waals surface area (Å²) in [6.45, 7) is 2.02. The Bertz CT molecular complexity index is 64.6. The minimum absolute atomic E-state index is 0.128. The van der Waals surface area contributed by atoms with Gasteiger partial charge in [-0.15, -0.1) is 0 Å². The van der Waals surface area contributed by atoms with Gasteiger partial charge in [-0.1, -0.05) is 6.92 Å². The molecule has 7 heavy (non-hydrogen) atoms. The van der Waals surface area contributed by atoms with E-state index >= 15 is 0 Å². The topological polar surface area (TPSA) is 0 Å². The van der Waals surface area contributed by atoms with E-state index in [0.717, 1.165) is 6.42 Å². The third kappa shape index (κ3) is 1.15. The fourth-order valence-corrected chi connectivity index (χ4v) is 0.692. The number of hydrogen-bond acceptors (Lipinski definition) is 0. The van der Waals surface area contributed by atoms with Crippen LogP contribution in [0.3, 0.4) is 0 Å². The Hall–Kier alpha value is -0.0700. The molecular weight excluding hydrogens is 91.1 g/mol. The van der Waals surface area contributed by atoms with E-state index in [1.54, 1.807) is 0 Å². The third-order valence-electron chi connectivity index (χ3n) is 1.80. The zero-order chi connectivity index (χ0) is 5.33. The molecule has 0 aromatic carbocycles.